The Morgan fingerprint density at radius 1 is 0.339 bits per heavy atom. The van der Waals surface area contributed by atoms with Gasteiger partial charge in [-0.2, -0.15) is 0 Å². The highest BCUT2D eigenvalue weighted by Gasteiger charge is 2.35. The van der Waals surface area contributed by atoms with Crippen LogP contribution in [-0.4, -0.2) is 15.0 Å². The van der Waals surface area contributed by atoms with Gasteiger partial charge in [0.1, 0.15) is 11.2 Å². The first-order valence-electron chi connectivity index (χ1n) is 19.1. The second-order valence-electron chi connectivity index (χ2n) is 15.1. The minimum Gasteiger partial charge on any atom is -0.455 e. The number of benzene rings is 8. The highest BCUT2D eigenvalue weighted by molar-refractivity contribution is 6.20. The van der Waals surface area contributed by atoms with Crippen molar-refractivity contribution in [3.63, 3.8) is 0 Å². The van der Waals surface area contributed by atoms with Gasteiger partial charge in [0, 0.05) is 32.7 Å². The molecular weight excluding hydrogens is 683 g/mol. The third-order valence-corrected chi connectivity index (χ3v) is 11.6. The molecule has 0 saturated heterocycles. The Morgan fingerprint density at radius 3 is 1.64 bits per heavy atom. The molecule has 4 nitrogen and oxygen atoms in total. The second kappa shape index (κ2) is 12.4. The Balaban J connectivity index is 1.16. The van der Waals surface area contributed by atoms with Crippen molar-refractivity contribution >= 4 is 32.7 Å². The number of hydrogen-bond acceptors (Lipinski definition) is 4. The summed E-state index contributed by atoms with van der Waals surface area (Å²) < 4.78 is 6.95. The third kappa shape index (κ3) is 4.96. The Hall–Kier alpha value is -7.17. The summed E-state index contributed by atoms with van der Waals surface area (Å²) in [5.41, 5.74) is 13.8. The van der Waals surface area contributed by atoms with Gasteiger partial charge in [-0.3, -0.25) is 0 Å². The first-order valence-corrected chi connectivity index (χ1v) is 19.1. The normalized spacial score (nSPS) is 13.0. The van der Waals surface area contributed by atoms with E-state index in [4.69, 9.17) is 19.4 Å². The fourth-order valence-electron chi connectivity index (χ4n) is 8.79. The maximum absolute atomic E-state index is 6.95. The molecular formula is C52H35N3O. The van der Waals surface area contributed by atoms with Gasteiger partial charge >= 0.3 is 0 Å². The molecule has 0 unspecified atom stereocenters. The van der Waals surface area contributed by atoms with E-state index in [1.165, 1.54) is 33.4 Å². The van der Waals surface area contributed by atoms with Crippen molar-refractivity contribution in [3.8, 4) is 67.5 Å². The van der Waals surface area contributed by atoms with E-state index in [9.17, 15) is 0 Å². The molecule has 10 aromatic rings. The summed E-state index contributed by atoms with van der Waals surface area (Å²) in [6.45, 7) is 4.61. The van der Waals surface area contributed by atoms with Crippen molar-refractivity contribution in [2.24, 2.45) is 0 Å². The highest BCUT2D eigenvalue weighted by Crippen LogP contribution is 2.50. The highest BCUT2D eigenvalue weighted by atomic mass is 16.3. The largest absolute Gasteiger partial charge is 0.455 e. The van der Waals surface area contributed by atoms with Gasteiger partial charge in [-0.1, -0.05) is 172 Å². The molecule has 0 N–H and O–H groups in total. The summed E-state index contributed by atoms with van der Waals surface area (Å²) in [6.07, 6.45) is 0. The lowest BCUT2D eigenvalue weighted by Crippen LogP contribution is -2.15. The third-order valence-electron chi connectivity index (χ3n) is 11.6. The van der Waals surface area contributed by atoms with Crippen molar-refractivity contribution in [1.29, 1.82) is 0 Å². The summed E-state index contributed by atoms with van der Waals surface area (Å²) in [5.74, 6) is 1.79. The van der Waals surface area contributed by atoms with Gasteiger partial charge in [-0.15, -0.1) is 0 Å². The molecule has 0 aliphatic heterocycles. The molecule has 0 amide bonds. The average molecular weight is 718 g/mol. The van der Waals surface area contributed by atoms with E-state index in [1.54, 1.807) is 0 Å². The van der Waals surface area contributed by atoms with Crippen molar-refractivity contribution in [2.45, 2.75) is 19.3 Å². The van der Waals surface area contributed by atoms with Crippen LogP contribution in [0.4, 0.5) is 0 Å². The summed E-state index contributed by atoms with van der Waals surface area (Å²) in [6, 6.07) is 61.8. The van der Waals surface area contributed by atoms with Crippen LogP contribution in [0, 0.1) is 0 Å². The monoisotopic (exact) mass is 717 g/mol. The molecule has 0 spiro atoms. The number of hydrogen-bond donors (Lipinski definition) is 0. The lowest BCUT2D eigenvalue weighted by Gasteiger charge is -2.21. The van der Waals surface area contributed by atoms with Gasteiger partial charge in [-0.05, 0) is 68.1 Å². The van der Waals surface area contributed by atoms with Crippen molar-refractivity contribution < 1.29 is 4.42 Å². The molecule has 264 valence electrons. The average Bonchev–Trinajstić information content (AvgIpc) is 3.76. The van der Waals surface area contributed by atoms with E-state index in [0.29, 0.717) is 17.5 Å². The number of aromatic nitrogens is 3. The quantitative estimate of drug-likeness (QED) is 0.178. The molecule has 1 aliphatic rings. The molecule has 1 aliphatic carbocycles. The van der Waals surface area contributed by atoms with Crippen molar-refractivity contribution in [1.82, 2.24) is 15.0 Å². The zero-order valence-corrected chi connectivity index (χ0v) is 31.0. The van der Waals surface area contributed by atoms with E-state index in [0.717, 1.165) is 60.5 Å². The van der Waals surface area contributed by atoms with Gasteiger partial charge in [-0.25, -0.2) is 15.0 Å². The molecule has 0 fully saturated rings. The van der Waals surface area contributed by atoms with E-state index >= 15 is 0 Å². The summed E-state index contributed by atoms with van der Waals surface area (Å²) in [7, 11) is 0. The summed E-state index contributed by atoms with van der Waals surface area (Å²) in [4.78, 5) is 15.8. The molecule has 0 bridgehead atoms. The number of nitrogens with zero attached hydrogens (tertiary/aromatic N) is 3. The maximum atomic E-state index is 6.95. The van der Waals surface area contributed by atoms with Crippen LogP contribution in [0.1, 0.15) is 25.0 Å². The Bertz CT molecular complexity index is 3160. The summed E-state index contributed by atoms with van der Waals surface area (Å²) >= 11 is 0. The number of para-hydroxylation sites is 1. The molecule has 11 rings (SSSR count). The van der Waals surface area contributed by atoms with Crippen LogP contribution in [-0.2, 0) is 5.41 Å². The Kier molecular flexibility index (Phi) is 7.17. The van der Waals surface area contributed by atoms with Crippen LogP contribution in [0.5, 0.6) is 0 Å². The standard InChI is InChI=1S/C52H35N3O/c1-52(2)45-27-14-13-22-37(45)38-29-28-34(30-46(38)52)49-53-50(41-24-12-9-20-35(41)32-16-5-3-6-17-32)55-51(54-49)42-26-15-25-40-44-31-43(33-18-7-4-8-19-33)36-21-10-11-23-39(36)48(44)56-47(40)42/h3-31H,1-2H3. The zero-order valence-electron chi connectivity index (χ0n) is 31.0. The van der Waals surface area contributed by atoms with Crippen LogP contribution in [0.15, 0.2) is 180 Å². The number of furan rings is 1. The first kappa shape index (κ1) is 32.3. The van der Waals surface area contributed by atoms with Gasteiger partial charge in [0.15, 0.2) is 17.5 Å². The van der Waals surface area contributed by atoms with Crippen LogP contribution in [0.3, 0.4) is 0 Å². The summed E-state index contributed by atoms with van der Waals surface area (Å²) in [5, 5.41) is 4.30. The van der Waals surface area contributed by atoms with E-state index in [-0.39, 0.29) is 5.41 Å². The maximum Gasteiger partial charge on any atom is 0.167 e. The topological polar surface area (TPSA) is 51.8 Å². The smallest absolute Gasteiger partial charge is 0.167 e. The molecule has 2 aromatic heterocycles. The molecule has 2 heterocycles. The molecule has 0 atom stereocenters. The fraction of sp³-hybridized carbons (Fsp3) is 0.0577. The van der Waals surface area contributed by atoms with E-state index < -0.39 is 0 Å². The van der Waals surface area contributed by atoms with Crippen molar-refractivity contribution in [3.05, 3.63) is 187 Å². The number of fused-ring (bicyclic) bond motifs is 8. The van der Waals surface area contributed by atoms with Crippen LogP contribution >= 0.6 is 0 Å². The van der Waals surface area contributed by atoms with E-state index in [1.807, 2.05) is 6.07 Å². The fourth-order valence-corrected chi connectivity index (χ4v) is 8.79. The SMILES string of the molecule is CC1(C)c2ccccc2-c2ccc(-c3nc(-c4ccccc4-c4ccccc4)nc(-c4cccc5c4oc4c6ccccc6c(-c6ccccc6)cc54)n3)cc21. The molecule has 0 saturated carbocycles. The first-order chi connectivity index (χ1) is 27.5. The van der Waals surface area contributed by atoms with Gasteiger partial charge in [0.05, 0.1) is 5.56 Å². The number of rotatable bonds is 5. The Morgan fingerprint density at radius 2 is 0.875 bits per heavy atom. The van der Waals surface area contributed by atoms with Crippen molar-refractivity contribution in [2.75, 3.05) is 0 Å². The van der Waals surface area contributed by atoms with E-state index in [2.05, 4.69) is 184 Å². The minimum atomic E-state index is -0.165. The van der Waals surface area contributed by atoms with Gasteiger partial charge < -0.3 is 4.42 Å². The molecule has 8 aromatic carbocycles. The molecule has 4 heteroatoms. The lowest BCUT2D eigenvalue weighted by atomic mass is 9.82. The lowest BCUT2D eigenvalue weighted by molar-refractivity contribution is 0.660. The zero-order chi connectivity index (χ0) is 37.4. The van der Waals surface area contributed by atoms with Gasteiger partial charge in [0.2, 0.25) is 0 Å². The Labute approximate surface area is 324 Å². The molecule has 56 heavy (non-hydrogen) atoms. The predicted molar refractivity (Wildman–Crippen MR) is 229 cm³/mol. The van der Waals surface area contributed by atoms with Gasteiger partial charge in [0.25, 0.3) is 0 Å². The van der Waals surface area contributed by atoms with Crippen LogP contribution in [0.25, 0.3) is 100 Å². The second-order valence-corrected chi connectivity index (χ2v) is 15.1. The molecule has 0 radical (unpaired) electrons. The van der Waals surface area contributed by atoms with Crippen LogP contribution in [0.2, 0.25) is 0 Å². The minimum absolute atomic E-state index is 0.165. The van der Waals surface area contributed by atoms with Crippen LogP contribution < -0.4 is 0 Å². The predicted octanol–water partition coefficient (Wildman–Crippen LogP) is 13.6.